The number of carbonyl (C=O) groups is 1. The Morgan fingerprint density at radius 3 is 2.64 bits per heavy atom. The monoisotopic (exact) mass is 197 g/mol. The Labute approximate surface area is 85.1 Å². The van der Waals surface area contributed by atoms with Crippen molar-refractivity contribution in [3.8, 4) is 0 Å². The lowest BCUT2D eigenvalue weighted by molar-refractivity contribution is -0.146. The van der Waals surface area contributed by atoms with Crippen LogP contribution in [0.1, 0.15) is 38.5 Å². The third kappa shape index (κ3) is 1.92. The zero-order valence-electron chi connectivity index (χ0n) is 8.61. The van der Waals surface area contributed by atoms with Crippen LogP contribution in [0, 0.1) is 5.92 Å². The molecule has 0 saturated carbocycles. The van der Waals surface area contributed by atoms with Gasteiger partial charge in [0, 0.05) is 6.04 Å². The number of piperidine rings is 1. The maximum Gasteiger partial charge on any atom is 0.308 e. The summed E-state index contributed by atoms with van der Waals surface area (Å²) in [6.45, 7) is 2.24. The summed E-state index contributed by atoms with van der Waals surface area (Å²) in [5, 5.41) is 9.14. The minimum atomic E-state index is -0.582. The van der Waals surface area contributed by atoms with Gasteiger partial charge in [0.2, 0.25) is 0 Å². The summed E-state index contributed by atoms with van der Waals surface area (Å²) in [7, 11) is 0. The van der Waals surface area contributed by atoms with Crippen molar-refractivity contribution in [3.63, 3.8) is 0 Å². The van der Waals surface area contributed by atoms with E-state index in [0.29, 0.717) is 6.04 Å². The fourth-order valence-corrected chi connectivity index (χ4v) is 2.92. The number of hydrogen-bond donors (Lipinski definition) is 1. The number of carboxylic acid groups (broad SMARTS) is 1. The van der Waals surface area contributed by atoms with Crippen molar-refractivity contribution < 1.29 is 9.90 Å². The van der Waals surface area contributed by atoms with E-state index in [-0.39, 0.29) is 5.92 Å². The van der Waals surface area contributed by atoms with E-state index in [9.17, 15) is 4.79 Å². The van der Waals surface area contributed by atoms with Crippen molar-refractivity contribution in [1.29, 1.82) is 0 Å². The van der Waals surface area contributed by atoms with Gasteiger partial charge in [-0.05, 0) is 38.8 Å². The third-order valence-corrected chi connectivity index (χ3v) is 3.66. The second-order valence-electron chi connectivity index (χ2n) is 4.54. The molecule has 0 bridgehead atoms. The van der Waals surface area contributed by atoms with Crippen LogP contribution in [-0.4, -0.2) is 35.1 Å². The molecule has 0 aromatic carbocycles. The van der Waals surface area contributed by atoms with Crippen LogP contribution in [-0.2, 0) is 4.79 Å². The lowest BCUT2D eigenvalue weighted by atomic mass is 9.87. The summed E-state index contributed by atoms with van der Waals surface area (Å²) in [5.41, 5.74) is 0. The highest BCUT2D eigenvalue weighted by atomic mass is 16.4. The predicted octanol–water partition coefficient (Wildman–Crippen LogP) is 1.73. The Morgan fingerprint density at radius 1 is 1.07 bits per heavy atom. The molecule has 2 saturated heterocycles. The molecule has 0 spiro atoms. The van der Waals surface area contributed by atoms with E-state index in [2.05, 4.69) is 4.90 Å². The molecule has 0 radical (unpaired) electrons. The molecule has 2 aliphatic rings. The number of hydrogen-bond acceptors (Lipinski definition) is 2. The van der Waals surface area contributed by atoms with Crippen LogP contribution < -0.4 is 0 Å². The van der Waals surface area contributed by atoms with E-state index in [1.807, 2.05) is 0 Å². The van der Waals surface area contributed by atoms with Gasteiger partial charge in [-0.1, -0.05) is 12.8 Å². The summed E-state index contributed by atoms with van der Waals surface area (Å²) >= 11 is 0. The average molecular weight is 197 g/mol. The van der Waals surface area contributed by atoms with Crippen LogP contribution in [0.3, 0.4) is 0 Å². The van der Waals surface area contributed by atoms with Crippen LogP contribution in [0.5, 0.6) is 0 Å². The van der Waals surface area contributed by atoms with Gasteiger partial charge in [-0.3, -0.25) is 9.69 Å². The van der Waals surface area contributed by atoms with Crippen LogP contribution >= 0.6 is 0 Å². The molecule has 2 atom stereocenters. The van der Waals surface area contributed by atoms with Crippen LogP contribution in [0.25, 0.3) is 0 Å². The maximum atomic E-state index is 11.1. The molecular formula is C11H19NO2. The van der Waals surface area contributed by atoms with Crippen molar-refractivity contribution in [2.45, 2.75) is 44.6 Å². The van der Waals surface area contributed by atoms with Crippen LogP contribution in [0.4, 0.5) is 0 Å². The van der Waals surface area contributed by atoms with Crippen LogP contribution in [0.15, 0.2) is 0 Å². The molecule has 2 fully saturated rings. The summed E-state index contributed by atoms with van der Waals surface area (Å²) in [4.78, 5) is 13.5. The summed E-state index contributed by atoms with van der Waals surface area (Å²) in [5.74, 6) is -0.677. The van der Waals surface area contributed by atoms with E-state index >= 15 is 0 Å². The summed E-state index contributed by atoms with van der Waals surface area (Å²) in [6.07, 6.45) is 6.79. The first kappa shape index (κ1) is 9.97. The van der Waals surface area contributed by atoms with Gasteiger partial charge in [0.25, 0.3) is 0 Å². The molecule has 2 heterocycles. The number of fused-ring (bicyclic) bond motifs is 1. The quantitative estimate of drug-likeness (QED) is 0.696. The molecule has 1 N–H and O–H groups in total. The lowest BCUT2D eigenvalue weighted by Crippen LogP contribution is -2.47. The van der Waals surface area contributed by atoms with E-state index < -0.39 is 5.97 Å². The van der Waals surface area contributed by atoms with Gasteiger partial charge >= 0.3 is 5.97 Å². The van der Waals surface area contributed by atoms with Gasteiger partial charge in [-0.15, -0.1) is 0 Å². The number of aliphatic carboxylic acids is 1. The summed E-state index contributed by atoms with van der Waals surface area (Å²) in [6, 6.07) is 0.337. The largest absolute Gasteiger partial charge is 0.481 e. The van der Waals surface area contributed by atoms with Gasteiger partial charge in [0.15, 0.2) is 0 Å². The Morgan fingerprint density at radius 2 is 1.86 bits per heavy atom. The van der Waals surface area contributed by atoms with E-state index in [4.69, 9.17) is 5.11 Å². The molecule has 0 aromatic heterocycles. The highest BCUT2D eigenvalue weighted by Gasteiger charge is 2.35. The minimum Gasteiger partial charge on any atom is -0.481 e. The second kappa shape index (κ2) is 4.30. The number of nitrogens with zero attached hydrogens (tertiary/aromatic N) is 1. The zero-order chi connectivity index (χ0) is 9.97. The van der Waals surface area contributed by atoms with Gasteiger partial charge in [-0.25, -0.2) is 0 Å². The fourth-order valence-electron chi connectivity index (χ4n) is 2.92. The highest BCUT2D eigenvalue weighted by molar-refractivity contribution is 5.71. The third-order valence-electron chi connectivity index (χ3n) is 3.66. The predicted molar refractivity (Wildman–Crippen MR) is 54.2 cm³/mol. The Balaban J connectivity index is 2.08. The normalized spacial score (nSPS) is 34.6. The van der Waals surface area contributed by atoms with Crippen molar-refractivity contribution in [2.24, 2.45) is 5.92 Å². The van der Waals surface area contributed by atoms with Crippen molar-refractivity contribution >= 4 is 5.97 Å². The molecule has 2 rings (SSSR count). The van der Waals surface area contributed by atoms with Gasteiger partial charge in [-0.2, -0.15) is 0 Å². The first-order valence-electron chi connectivity index (χ1n) is 5.76. The molecule has 3 nitrogen and oxygen atoms in total. The average Bonchev–Trinajstić information content (AvgIpc) is 2.41. The minimum absolute atomic E-state index is 0.0955. The molecular weight excluding hydrogens is 178 g/mol. The van der Waals surface area contributed by atoms with E-state index in [1.165, 1.54) is 19.3 Å². The first-order chi connectivity index (χ1) is 6.79. The zero-order valence-corrected chi connectivity index (χ0v) is 8.61. The second-order valence-corrected chi connectivity index (χ2v) is 4.54. The molecule has 0 amide bonds. The van der Waals surface area contributed by atoms with Crippen molar-refractivity contribution in [2.75, 3.05) is 13.1 Å². The molecule has 80 valence electrons. The molecule has 3 heteroatoms. The Bertz CT molecular complexity index is 217. The standard InChI is InChI=1S/C11H19NO2/c13-11(14)9-5-4-8-12-7-3-1-2-6-10(9)12/h9-10H,1-8H2,(H,13,14)/t9?,10-/m1/s1. The lowest BCUT2D eigenvalue weighted by Gasteiger charge is -2.38. The first-order valence-corrected chi connectivity index (χ1v) is 5.76. The van der Waals surface area contributed by atoms with E-state index in [0.717, 1.165) is 32.4 Å². The number of rotatable bonds is 1. The smallest absolute Gasteiger partial charge is 0.308 e. The van der Waals surface area contributed by atoms with E-state index in [1.54, 1.807) is 0 Å². The molecule has 2 aliphatic heterocycles. The molecule has 1 unspecified atom stereocenters. The number of carboxylic acids is 1. The Hall–Kier alpha value is -0.570. The van der Waals surface area contributed by atoms with Gasteiger partial charge in [0.05, 0.1) is 5.92 Å². The molecule has 0 aromatic rings. The molecule has 0 aliphatic carbocycles. The summed E-state index contributed by atoms with van der Waals surface area (Å²) < 4.78 is 0. The van der Waals surface area contributed by atoms with Crippen LogP contribution in [0.2, 0.25) is 0 Å². The van der Waals surface area contributed by atoms with Crippen molar-refractivity contribution in [3.05, 3.63) is 0 Å². The van der Waals surface area contributed by atoms with Gasteiger partial charge < -0.3 is 5.11 Å². The maximum absolute atomic E-state index is 11.1. The topological polar surface area (TPSA) is 40.5 Å². The fraction of sp³-hybridized carbons (Fsp3) is 0.909. The Kier molecular flexibility index (Phi) is 3.06. The highest BCUT2D eigenvalue weighted by Crippen LogP contribution is 2.30. The molecule has 14 heavy (non-hydrogen) atoms. The van der Waals surface area contributed by atoms with Crippen molar-refractivity contribution in [1.82, 2.24) is 4.90 Å². The SMILES string of the molecule is O=C(O)C1CCCN2CCCCC[C@H]12. The van der Waals surface area contributed by atoms with Gasteiger partial charge in [0.1, 0.15) is 0 Å².